The maximum atomic E-state index is 8.98. The largest absolute Gasteiger partial charge is 0.390 e. The van der Waals surface area contributed by atoms with E-state index >= 15 is 0 Å². The van der Waals surface area contributed by atoms with Gasteiger partial charge in [-0.1, -0.05) is 0 Å². The number of hydrogen-bond donors (Lipinski definition) is 1. The van der Waals surface area contributed by atoms with Crippen LogP contribution in [0, 0.1) is 0 Å². The first kappa shape index (κ1) is 11.6. The van der Waals surface area contributed by atoms with Crippen LogP contribution in [-0.4, -0.2) is 21.6 Å². The fourth-order valence-corrected chi connectivity index (χ4v) is 3.36. The molecule has 0 aliphatic carbocycles. The van der Waals surface area contributed by atoms with Crippen molar-refractivity contribution in [2.24, 2.45) is 0 Å². The van der Waals surface area contributed by atoms with E-state index in [1.165, 1.54) is 10.4 Å². The van der Waals surface area contributed by atoms with Crippen molar-refractivity contribution in [2.45, 2.75) is 26.0 Å². The van der Waals surface area contributed by atoms with Crippen LogP contribution in [0.3, 0.4) is 0 Å². The molecule has 1 unspecified atom stereocenters. The van der Waals surface area contributed by atoms with Gasteiger partial charge in [0.15, 0.2) is 0 Å². The molecule has 1 aliphatic heterocycles. The zero-order chi connectivity index (χ0) is 12.5. The highest BCUT2D eigenvalue weighted by atomic mass is 32.1. The van der Waals surface area contributed by atoms with E-state index in [1.54, 1.807) is 12.4 Å². The lowest BCUT2D eigenvalue weighted by molar-refractivity contribution is 0.276. The third kappa shape index (κ3) is 1.89. The first-order valence-electron chi connectivity index (χ1n) is 6.04. The summed E-state index contributed by atoms with van der Waals surface area (Å²) in [7, 11) is 0. The smallest absolute Gasteiger partial charge is 0.147 e. The first-order valence-corrected chi connectivity index (χ1v) is 6.92. The van der Waals surface area contributed by atoms with E-state index in [1.807, 2.05) is 11.3 Å². The van der Waals surface area contributed by atoms with Crippen LogP contribution in [0.4, 0.5) is 5.82 Å². The molecule has 18 heavy (non-hydrogen) atoms. The van der Waals surface area contributed by atoms with Gasteiger partial charge in [-0.05, 0) is 30.4 Å². The molecule has 3 rings (SSSR count). The molecule has 0 bridgehead atoms. The molecule has 0 amide bonds. The third-order valence-electron chi connectivity index (χ3n) is 3.43. The van der Waals surface area contributed by atoms with Crippen LogP contribution in [0.25, 0.3) is 0 Å². The molecular formula is C13H15N3OS. The lowest BCUT2D eigenvalue weighted by Crippen LogP contribution is -2.33. The van der Waals surface area contributed by atoms with Gasteiger partial charge >= 0.3 is 0 Å². The molecule has 0 radical (unpaired) electrons. The molecule has 94 valence electrons. The normalized spacial score (nSPS) is 18.8. The number of rotatable bonds is 2. The Labute approximate surface area is 110 Å². The Balaban J connectivity index is 1.89. The lowest BCUT2D eigenvalue weighted by atomic mass is 10.0. The number of hydrogen-bond acceptors (Lipinski definition) is 5. The topological polar surface area (TPSA) is 49.2 Å². The molecule has 0 spiro atoms. The number of thiophene rings is 1. The van der Waals surface area contributed by atoms with Gasteiger partial charge in [-0.25, -0.2) is 4.98 Å². The molecule has 1 atom stereocenters. The van der Waals surface area contributed by atoms with Gasteiger partial charge in [-0.2, -0.15) is 0 Å². The van der Waals surface area contributed by atoms with Crippen molar-refractivity contribution >= 4 is 17.2 Å². The Kier molecular flexibility index (Phi) is 3.01. The molecule has 2 aromatic heterocycles. The van der Waals surface area contributed by atoms with Crippen molar-refractivity contribution in [3.8, 4) is 0 Å². The summed E-state index contributed by atoms with van der Waals surface area (Å²) >= 11 is 1.84. The highest BCUT2D eigenvalue weighted by molar-refractivity contribution is 7.10. The van der Waals surface area contributed by atoms with E-state index in [9.17, 15) is 0 Å². The Morgan fingerprint density at radius 2 is 2.33 bits per heavy atom. The molecule has 3 heterocycles. The van der Waals surface area contributed by atoms with Gasteiger partial charge in [0.25, 0.3) is 0 Å². The zero-order valence-corrected chi connectivity index (χ0v) is 11.0. The van der Waals surface area contributed by atoms with Crippen LogP contribution in [0.1, 0.15) is 29.1 Å². The lowest BCUT2D eigenvalue weighted by Gasteiger charge is -2.34. The first-order chi connectivity index (χ1) is 8.79. The van der Waals surface area contributed by atoms with E-state index in [2.05, 4.69) is 33.2 Å². The molecule has 4 nitrogen and oxygen atoms in total. The molecular weight excluding hydrogens is 246 g/mol. The monoisotopic (exact) mass is 261 g/mol. The Hall–Kier alpha value is -1.46. The highest BCUT2D eigenvalue weighted by Gasteiger charge is 2.25. The molecule has 5 heteroatoms. The van der Waals surface area contributed by atoms with Crippen LogP contribution >= 0.6 is 11.3 Å². The van der Waals surface area contributed by atoms with E-state index in [4.69, 9.17) is 5.11 Å². The summed E-state index contributed by atoms with van der Waals surface area (Å²) in [5.41, 5.74) is 2.01. The third-order valence-corrected chi connectivity index (χ3v) is 4.42. The number of aliphatic hydroxyl groups excluding tert-OH is 1. The summed E-state index contributed by atoms with van der Waals surface area (Å²) in [4.78, 5) is 12.3. The quantitative estimate of drug-likeness (QED) is 0.900. The van der Waals surface area contributed by atoms with Crippen LogP contribution in [0.5, 0.6) is 0 Å². The SMILES string of the molecule is CC1c2ccsc2CCN1c1cnc(CO)cn1. The Bertz CT molecular complexity index is 537. The summed E-state index contributed by atoms with van der Waals surface area (Å²) < 4.78 is 0. The van der Waals surface area contributed by atoms with E-state index in [-0.39, 0.29) is 6.61 Å². The van der Waals surface area contributed by atoms with E-state index < -0.39 is 0 Å². The van der Waals surface area contributed by atoms with Crippen LogP contribution in [-0.2, 0) is 13.0 Å². The molecule has 0 saturated carbocycles. The summed E-state index contributed by atoms with van der Waals surface area (Å²) in [5.74, 6) is 0.886. The van der Waals surface area contributed by atoms with Crippen molar-refractivity contribution in [2.75, 3.05) is 11.4 Å². The van der Waals surface area contributed by atoms with Crippen LogP contribution < -0.4 is 4.90 Å². The second kappa shape index (κ2) is 4.66. The second-order valence-corrected chi connectivity index (χ2v) is 5.44. The van der Waals surface area contributed by atoms with Crippen molar-refractivity contribution in [1.82, 2.24) is 9.97 Å². The molecule has 2 aromatic rings. The minimum Gasteiger partial charge on any atom is -0.390 e. The van der Waals surface area contributed by atoms with Gasteiger partial charge in [0.1, 0.15) is 5.82 Å². The predicted octanol–water partition coefficient (Wildman–Crippen LogP) is 2.15. The number of anilines is 1. The van der Waals surface area contributed by atoms with Gasteiger partial charge in [0, 0.05) is 11.4 Å². The fourth-order valence-electron chi connectivity index (χ4n) is 2.40. The van der Waals surface area contributed by atoms with Gasteiger partial charge < -0.3 is 10.0 Å². The standard InChI is InChI=1S/C13H15N3OS/c1-9-11-3-5-18-12(11)2-4-16(9)13-7-14-10(8-17)6-15-13/h3,5-7,9,17H,2,4,8H2,1H3. The van der Waals surface area contributed by atoms with Crippen molar-refractivity contribution in [3.05, 3.63) is 40.0 Å². The molecule has 0 saturated heterocycles. The fraction of sp³-hybridized carbons (Fsp3) is 0.385. The predicted molar refractivity (Wildman–Crippen MR) is 71.7 cm³/mol. The number of nitrogens with zero attached hydrogens (tertiary/aromatic N) is 3. The second-order valence-electron chi connectivity index (χ2n) is 4.44. The van der Waals surface area contributed by atoms with E-state index in [0.29, 0.717) is 11.7 Å². The van der Waals surface area contributed by atoms with Gasteiger partial charge in [0.05, 0.1) is 30.7 Å². The highest BCUT2D eigenvalue weighted by Crippen LogP contribution is 2.34. The molecule has 0 aromatic carbocycles. The zero-order valence-electron chi connectivity index (χ0n) is 10.2. The van der Waals surface area contributed by atoms with Gasteiger partial charge in [0.2, 0.25) is 0 Å². The Morgan fingerprint density at radius 1 is 1.44 bits per heavy atom. The van der Waals surface area contributed by atoms with Crippen molar-refractivity contribution in [1.29, 1.82) is 0 Å². The average molecular weight is 261 g/mol. The van der Waals surface area contributed by atoms with Crippen LogP contribution in [0.2, 0.25) is 0 Å². The molecule has 1 N–H and O–H groups in total. The van der Waals surface area contributed by atoms with Crippen molar-refractivity contribution < 1.29 is 5.11 Å². The minimum absolute atomic E-state index is 0.0580. The Morgan fingerprint density at radius 3 is 3.06 bits per heavy atom. The molecule has 1 aliphatic rings. The average Bonchev–Trinajstić information content (AvgIpc) is 2.89. The summed E-state index contributed by atoms with van der Waals surface area (Å²) in [6, 6.07) is 2.54. The summed E-state index contributed by atoms with van der Waals surface area (Å²) in [6.07, 6.45) is 4.46. The summed E-state index contributed by atoms with van der Waals surface area (Å²) in [6.45, 7) is 3.12. The van der Waals surface area contributed by atoms with Gasteiger partial charge in [-0.15, -0.1) is 11.3 Å². The number of fused-ring (bicyclic) bond motifs is 1. The number of aromatic nitrogens is 2. The van der Waals surface area contributed by atoms with Gasteiger partial charge in [-0.3, -0.25) is 4.98 Å². The van der Waals surface area contributed by atoms with Crippen molar-refractivity contribution in [3.63, 3.8) is 0 Å². The maximum Gasteiger partial charge on any atom is 0.147 e. The van der Waals surface area contributed by atoms with Crippen LogP contribution in [0.15, 0.2) is 23.8 Å². The molecule has 0 fully saturated rings. The maximum absolute atomic E-state index is 8.98. The number of aliphatic hydroxyl groups is 1. The summed E-state index contributed by atoms with van der Waals surface area (Å²) in [5, 5.41) is 11.1. The van der Waals surface area contributed by atoms with E-state index in [0.717, 1.165) is 18.8 Å². The minimum atomic E-state index is -0.0580.